The summed E-state index contributed by atoms with van der Waals surface area (Å²) in [6.07, 6.45) is 0.328. The summed E-state index contributed by atoms with van der Waals surface area (Å²) in [5, 5.41) is 29.1. The van der Waals surface area contributed by atoms with E-state index in [1.807, 2.05) is 6.92 Å². The minimum atomic E-state index is -1.49. The first kappa shape index (κ1) is 12.7. The van der Waals surface area contributed by atoms with Crippen molar-refractivity contribution in [3.8, 4) is 17.2 Å². The first-order valence-electron chi connectivity index (χ1n) is 6.22. The lowest BCUT2D eigenvalue weighted by molar-refractivity contribution is -0.162. The fourth-order valence-electron chi connectivity index (χ4n) is 2.67. The maximum absolute atomic E-state index is 11.8. The predicted octanol–water partition coefficient (Wildman–Crippen LogP) is 1.84. The highest BCUT2D eigenvalue weighted by Gasteiger charge is 2.50. The third-order valence-corrected chi connectivity index (χ3v) is 3.55. The number of phenolic OH excluding ortho intramolecular Hbond substituents is 3. The van der Waals surface area contributed by atoms with Gasteiger partial charge in [-0.15, -0.1) is 0 Å². The molecule has 1 heterocycles. The zero-order chi connectivity index (χ0) is 14.7. The number of hydrogen-bond donors (Lipinski definition) is 3. The maximum Gasteiger partial charge on any atom is 0.282 e. The number of aromatic hydroxyl groups is 3. The van der Waals surface area contributed by atoms with Gasteiger partial charge in [0, 0.05) is 31.4 Å². The highest BCUT2D eigenvalue weighted by atomic mass is 16.7. The number of hydrogen-bond acceptors (Lipinski definition) is 6. The number of ketones is 1. The van der Waals surface area contributed by atoms with Gasteiger partial charge in [0.15, 0.2) is 5.76 Å². The SMILES string of the molecule is CC1CC(=O)C2=C1OC(C)(c1c(O)cc(O)cc1O)O2. The summed E-state index contributed by atoms with van der Waals surface area (Å²) in [7, 11) is 0. The Morgan fingerprint density at radius 2 is 1.80 bits per heavy atom. The molecule has 106 valence electrons. The Labute approximate surface area is 114 Å². The second-order valence-electron chi connectivity index (χ2n) is 5.23. The Morgan fingerprint density at radius 3 is 2.35 bits per heavy atom. The second-order valence-corrected chi connectivity index (χ2v) is 5.23. The Balaban J connectivity index is 2.04. The van der Waals surface area contributed by atoms with Gasteiger partial charge < -0.3 is 24.8 Å². The number of benzene rings is 1. The van der Waals surface area contributed by atoms with Crippen molar-refractivity contribution in [1.29, 1.82) is 0 Å². The van der Waals surface area contributed by atoms with E-state index in [-0.39, 0.29) is 40.3 Å². The number of carbonyl (C=O) groups excluding carboxylic acids is 1. The molecule has 0 radical (unpaired) electrons. The smallest absolute Gasteiger partial charge is 0.282 e. The number of Topliss-reactive ketones (excluding diaryl/α,β-unsaturated/α-hetero) is 1. The fraction of sp³-hybridized carbons (Fsp3) is 0.357. The summed E-state index contributed by atoms with van der Waals surface area (Å²) in [5.41, 5.74) is -0.0234. The molecule has 20 heavy (non-hydrogen) atoms. The molecule has 1 aromatic rings. The van der Waals surface area contributed by atoms with Gasteiger partial charge in [-0.1, -0.05) is 6.92 Å². The molecule has 0 aromatic heterocycles. The van der Waals surface area contributed by atoms with E-state index < -0.39 is 5.79 Å². The summed E-state index contributed by atoms with van der Waals surface area (Å²) in [6.45, 7) is 3.34. The van der Waals surface area contributed by atoms with Crippen molar-refractivity contribution in [2.75, 3.05) is 0 Å². The molecule has 0 saturated heterocycles. The summed E-state index contributed by atoms with van der Waals surface area (Å²) in [5.74, 6) is -2.18. The summed E-state index contributed by atoms with van der Waals surface area (Å²) < 4.78 is 11.2. The van der Waals surface area contributed by atoms with Crippen LogP contribution in [-0.2, 0) is 20.1 Å². The van der Waals surface area contributed by atoms with Crippen LogP contribution in [0.3, 0.4) is 0 Å². The number of carbonyl (C=O) groups is 1. The zero-order valence-corrected chi connectivity index (χ0v) is 11.0. The van der Waals surface area contributed by atoms with Crippen molar-refractivity contribution in [1.82, 2.24) is 0 Å². The van der Waals surface area contributed by atoms with E-state index in [9.17, 15) is 20.1 Å². The minimum absolute atomic E-state index is 0.0234. The van der Waals surface area contributed by atoms with E-state index in [0.717, 1.165) is 12.1 Å². The van der Waals surface area contributed by atoms with Crippen molar-refractivity contribution in [2.24, 2.45) is 5.92 Å². The lowest BCUT2D eigenvalue weighted by atomic mass is 10.0. The van der Waals surface area contributed by atoms with Gasteiger partial charge >= 0.3 is 0 Å². The van der Waals surface area contributed by atoms with Crippen LogP contribution in [-0.4, -0.2) is 21.1 Å². The van der Waals surface area contributed by atoms with E-state index in [2.05, 4.69) is 0 Å². The fourth-order valence-corrected chi connectivity index (χ4v) is 2.67. The van der Waals surface area contributed by atoms with Crippen LogP contribution < -0.4 is 0 Å². The predicted molar refractivity (Wildman–Crippen MR) is 66.8 cm³/mol. The van der Waals surface area contributed by atoms with E-state index in [1.165, 1.54) is 6.92 Å². The lowest BCUT2D eigenvalue weighted by Gasteiger charge is -2.27. The molecule has 2 unspecified atom stereocenters. The van der Waals surface area contributed by atoms with E-state index >= 15 is 0 Å². The highest BCUT2D eigenvalue weighted by molar-refractivity contribution is 5.97. The number of phenols is 3. The van der Waals surface area contributed by atoms with Crippen molar-refractivity contribution in [2.45, 2.75) is 26.1 Å². The molecule has 3 rings (SSSR count). The molecule has 1 aliphatic heterocycles. The molecular weight excluding hydrogens is 264 g/mol. The van der Waals surface area contributed by atoms with Crippen LogP contribution in [0.1, 0.15) is 25.8 Å². The molecule has 6 heteroatoms. The van der Waals surface area contributed by atoms with Crippen LogP contribution in [0.25, 0.3) is 0 Å². The monoisotopic (exact) mass is 278 g/mol. The standard InChI is InChI=1S/C14H14O6/c1-6-3-10(18)13-12(6)19-14(2,20-13)11-8(16)4-7(15)5-9(11)17/h4-6,15-17H,3H2,1-2H3. The Morgan fingerprint density at radius 1 is 1.20 bits per heavy atom. The van der Waals surface area contributed by atoms with Gasteiger partial charge in [-0.3, -0.25) is 4.79 Å². The van der Waals surface area contributed by atoms with E-state index in [4.69, 9.17) is 9.47 Å². The largest absolute Gasteiger partial charge is 0.508 e. The lowest BCUT2D eigenvalue weighted by Crippen LogP contribution is -2.26. The molecule has 0 bridgehead atoms. The molecule has 3 N–H and O–H groups in total. The van der Waals surface area contributed by atoms with Crippen molar-refractivity contribution in [3.05, 3.63) is 29.2 Å². The van der Waals surface area contributed by atoms with Crippen LogP contribution in [0.2, 0.25) is 0 Å². The summed E-state index contributed by atoms with van der Waals surface area (Å²) >= 11 is 0. The number of ether oxygens (including phenoxy) is 2. The van der Waals surface area contributed by atoms with Gasteiger partial charge in [-0.25, -0.2) is 0 Å². The quantitative estimate of drug-likeness (QED) is 0.725. The first-order chi connectivity index (χ1) is 9.32. The molecular formula is C14H14O6. The van der Waals surface area contributed by atoms with Crippen LogP contribution in [0.5, 0.6) is 17.2 Å². The topological polar surface area (TPSA) is 96.2 Å². The third-order valence-electron chi connectivity index (χ3n) is 3.55. The normalized spacial score (nSPS) is 28.3. The van der Waals surface area contributed by atoms with Crippen LogP contribution in [0, 0.1) is 5.92 Å². The average molecular weight is 278 g/mol. The Kier molecular flexibility index (Phi) is 2.41. The van der Waals surface area contributed by atoms with Gasteiger partial charge in [0.25, 0.3) is 5.79 Å². The van der Waals surface area contributed by atoms with E-state index in [1.54, 1.807) is 0 Å². The minimum Gasteiger partial charge on any atom is -0.508 e. The van der Waals surface area contributed by atoms with Crippen LogP contribution in [0.4, 0.5) is 0 Å². The average Bonchev–Trinajstić information content (AvgIpc) is 2.76. The molecule has 6 nitrogen and oxygen atoms in total. The molecule has 2 atom stereocenters. The molecule has 0 fully saturated rings. The highest BCUT2D eigenvalue weighted by Crippen LogP contribution is 2.51. The summed E-state index contributed by atoms with van der Waals surface area (Å²) in [6, 6.07) is 2.14. The zero-order valence-electron chi connectivity index (χ0n) is 11.0. The molecule has 2 aliphatic rings. The third kappa shape index (κ3) is 1.61. The first-order valence-corrected chi connectivity index (χ1v) is 6.22. The maximum atomic E-state index is 11.8. The molecule has 0 spiro atoms. The molecule has 0 saturated carbocycles. The van der Waals surface area contributed by atoms with Crippen LogP contribution in [0.15, 0.2) is 23.7 Å². The van der Waals surface area contributed by atoms with Crippen molar-refractivity contribution < 1.29 is 29.6 Å². The second kappa shape index (κ2) is 3.82. The number of allylic oxidation sites excluding steroid dienone is 2. The van der Waals surface area contributed by atoms with Gasteiger partial charge in [-0.05, 0) is 0 Å². The summed E-state index contributed by atoms with van der Waals surface area (Å²) in [4.78, 5) is 11.8. The van der Waals surface area contributed by atoms with Gasteiger partial charge in [0.05, 0.1) is 0 Å². The van der Waals surface area contributed by atoms with Crippen molar-refractivity contribution >= 4 is 5.78 Å². The van der Waals surface area contributed by atoms with Gasteiger partial charge in [0.2, 0.25) is 11.5 Å². The van der Waals surface area contributed by atoms with Gasteiger partial charge in [-0.2, -0.15) is 0 Å². The Hall–Kier alpha value is -2.37. The van der Waals surface area contributed by atoms with Gasteiger partial charge in [0.1, 0.15) is 22.8 Å². The molecule has 0 amide bonds. The van der Waals surface area contributed by atoms with Crippen LogP contribution >= 0.6 is 0 Å². The molecule has 1 aromatic carbocycles. The number of rotatable bonds is 1. The van der Waals surface area contributed by atoms with E-state index in [0.29, 0.717) is 12.2 Å². The van der Waals surface area contributed by atoms with Crippen molar-refractivity contribution in [3.63, 3.8) is 0 Å². The Bertz CT molecular complexity index is 624. The molecule has 1 aliphatic carbocycles.